The van der Waals surface area contributed by atoms with Gasteiger partial charge >= 0.3 is 0 Å². The first-order valence-electron chi connectivity index (χ1n) is 12.0. The fourth-order valence-electron chi connectivity index (χ4n) is 5.55. The van der Waals surface area contributed by atoms with E-state index in [4.69, 9.17) is 5.73 Å². The SMILES string of the molecule is NC1CCc2c(-c3ccccc3)c(-c3ccccc3)c(-c3ccccc3)c(-c3ccccc3)c21. The highest BCUT2D eigenvalue weighted by Crippen LogP contribution is 2.53. The third kappa shape index (κ3) is 3.46. The van der Waals surface area contributed by atoms with E-state index in [9.17, 15) is 0 Å². The molecule has 0 fully saturated rings. The highest BCUT2D eigenvalue weighted by atomic mass is 14.7. The summed E-state index contributed by atoms with van der Waals surface area (Å²) in [5.41, 5.74) is 19.7. The molecule has 0 amide bonds. The molecular weight excluding hydrogens is 410 g/mol. The van der Waals surface area contributed by atoms with Gasteiger partial charge in [0.15, 0.2) is 0 Å². The van der Waals surface area contributed by atoms with Crippen LogP contribution >= 0.6 is 0 Å². The molecule has 5 aromatic rings. The van der Waals surface area contributed by atoms with Gasteiger partial charge in [0.25, 0.3) is 0 Å². The van der Waals surface area contributed by atoms with Crippen LogP contribution in [0.15, 0.2) is 121 Å². The van der Waals surface area contributed by atoms with Gasteiger partial charge in [-0.25, -0.2) is 0 Å². The second kappa shape index (κ2) is 8.78. The molecule has 0 bridgehead atoms. The summed E-state index contributed by atoms with van der Waals surface area (Å²) in [7, 11) is 0. The summed E-state index contributed by atoms with van der Waals surface area (Å²) in [5.74, 6) is 0. The molecule has 34 heavy (non-hydrogen) atoms. The maximum atomic E-state index is 6.87. The molecule has 1 aliphatic rings. The Morgan fingerprint density at radius 3 is 1.24 bits per heavy atom. The highest BCUT2D eigenvalue weighted by molar-refractivity contribution is 6.04. The topological polar surface area (TPSA) is 26.0 Å². The van der Waals surface area contributed by atoms with Crippen molar-refractivity contribution in [2.75, 3.05) is 0 Å². The zero-order chi connectivity index (χ0) is 22.9. The van der Waals surface area contributed by atoms with Gasteiger partial charge in [0.1, 0.15) is 0 Å². The molecule has 1 nitrogen and oxygen atoms in total. The molecule has 1 heteroatoms. The maximum absolute atomic E-state index is 6.87. The molecule has 0 heterocycles. The van der Waals surface area contributed by atoms with Crippen LogP contribution in [0.5, 0.6) is 0 Å². The van der Waals surface area contributed by atoms with E-state index >= 15 is 0 Å². The quantitative estimate of drug-likeness (QED) is 0.301. The largest absolute Gasteiger partial charge is 0.324 e. The van der Waals surface area contributed by atoms with Crippen LogP contribution in [0, 0.1) is 0 Å². The van der Waals surface area contributed by atoms with Crippen LogP contribution in [0.25, 0.3) is 44.5 Å². The lowest BCUT2D eigenvalue weighted by Gasteiger charge is -2.26. The Morgan fingerprint density at radius 1 is 0.441 bits per heavy atom. The minimum atomic E-state index is 0.0277. The van der Waals surface area contributed by atoms with E-state index in [0.717, 1.165) is 12.8 Å². The Morgan fingerprint density at radius 2 is 0.794 bits per heavy atom. The van der Waals surface area contributed by atoms with Crippen molar-refractivity contribution in [2.45, 2.75) is 18.9 Å². The molecule has 0 saturated carbocycles. The van der Waals surface area contributed by atoms with Crippen molar-refractivity contribution in [1.29, 1.82) is 0 Å². The van der Waals surface area contributed by atoms with Crippen LogP contribution in [0.1, 0.15) is 23.6 Å². The van der Waals surface area contributed by atoms with E-state index in [-0.39, 0.29) is 6.04 Å². The molecule has 1 atom stereocenters. The van der Waals surface area contributed by atoms with E-state index in [1.807, 2.05) is 0 Å². The normalized spacial score (nSPS) is 14.7. The number of rotatable bonds is 4. The lowest BCUT2D eigenvalue weighted by Crippen LogP contribution is -2.09. The minimum absolute atomic E-state index is 0.0277. The predicted molar refractivity (Wildman–Crippen MR) is 143 cm³/mol. The number of benzene rings is 5. The molecular formula is C33H27N. The van der Waals surface area contributed by atoms with Crippen LogP contribution in [0.4, 0.5) is 0 Å². The molecule has 0 radical (unpaired) electrons. The molecule has 0 aromatic heterocycles. The van der Waals surface area contributed by atoms with Gasteiger partial charge in [0, 0.05) is 6.04 Å². The van der Waals surface area contributed by atoms with Gasteiger partial charge in [-0.3, -0.25) is 0 Å². The van der Waals surface area contributed by atoms with Crippen LogP contribution < -0.4 is 5.73 Å². The van der Waals surface area contributed by atoms with E-state index in [2.05, 4.69) is 121 Å². The minimum Gasteiger partial charge on any atom is -0.324 e. The smallest absolute Gasteiger partial charge is 0.0307 e. The van der Waals surface area contributed by atoms with E-state index in [0.29, 0.717) is 0 Å². The van der Waals surface area contributed by atoms with E-state index in [1.165, 1.54) is 55.6 Å². The van der Waals surface area contributed by atoms with Crippen LogP contribution in [-0.2, 0) is 6.42 Å². The summed E-state index contributed by atoms with van der Waals surface area (Å²) in [6.45, 7) is 0. The second-order valence-electron chi connectivity index (χ2n) is 9.00. The van der Waals surface area contributed by atoms with Crippen LogP contribution in [0.2, 0.25) is 0 Å². The lowest BCUT2D eigenvalue weighted by atomic mass is 9.77. The van der Waals surface area contributed by atoms with Gasteiger partial charge in [-0.2, -0.15) is 0 Å². The van der Waals surface area contributed by atoms with Crippen molar-refractivity contribution in [3.05, 3.63) is 132 Å². The molecule has 0 spiro atoms. The zero-order valence-corrected chi connectivity index (χ0v) is 19.1. The van der Waals surface area contributed by atoms with E-state index < -0.39 is 0 Å². The molecule has 1 unspecified atom stereocenters. The first kappa shape index (κ1) is 20.7. The lowest BCUT2D eigenvalue weighted by molar-refractivity contribution is 0.714. The number of hydrogen-bond acceptors (Lipinski definition) is 1. The summed E-state index contributed by atoms with van der Waals surface area (Å²) in [5, 5.41) is 0. The fourth-order valence-corrected chi connectivity index (χ4v) is 5.55. The van der Waals surface area contributed by atoms with Crippen LogP contribution in [0.3, 0.4) is 0 Å². The van der Waals surface area contributed by atoms with Crippen molar-refractivity contribution in [3.63, 3.8) is 0 Å². The standard InChI is InChI=1S/C33H27N/c34-28-22-21-27-29(23-13-5-1-6-14-23)30(24-15-7-2-8-16-24)31(25-17-9-3-10-18-25)32(33(27)28)26-19-11-4-12-20-26/h1-20,28H,21-22,34H2. The van der Waals surface area contributed by atoms with Crippen molar-refractivity contribution >= 4 is 0 Å². The Balaban J connectivity index is 1.85. The summed E-state index contributed by atoms with van der Waals surface area (Å²) >= 11 is 0. The van der Waals surface area contributed by atoms with Gasteiger partial charge < -0.3 is 5.73 Å². The number of nitrogens with two attached hydrogens (primary N) is 1. The number of hydrogen-bond donors (Lipinski definition) is 1. The Labute approximate surface area is 201 Å². The molecule has 6 rings (SSSR count). The Bertz CT molecular complexity index is 1420. The monoisotopic (exact) mass is 437 g/mol. The van der Waals surface area contributed by atoms with Crippen molar-refractivity contribution < 1.29 is 0 Å². The molecule has 164 valence electrons. The average Bonchev–Trinajstić information content (AvgIpc) is 3.30. The van der Waals surface area contributed by atoms with Crippen molar-refractivity contribution in [2.24, 2.45) is 5.73 Å². The summed E-state index contributed by atoms with van der Waals surface area (Å²) in [6, 6.07) is 43.3. The maximum Gasteiger partial charge on any atom is 0.0307 e. The van der Waals surface area contributed by atoms with Gasteiger partial charge in [0.2, 0.25) is 0 Å². The molecule has 2 N–H and O–H groups in total. The second-order valence-corrected chi connectivity index (χ2v) is 9.00. The summed E-state index contributed by atoms with van der Waals surface area (Å²) in [4.78, 5) is 0. The van der Waals surface area contributed by atoms with Gasteiger partial charge in [-0.1, -0.05) is 121 Å². The van der Waals surface area contributed by atoms with Crippen LogP contribution in [-0.4, -0.2) is 0 Å². The highest BCUT2D eigenvalue weighted by Gasteiger charge is 2.32. The number of fused-ring (bicyclic) bond motifs is 1. The van der Waals surface area contributed by atoms with Crippen molar-refractivity contribution in [3.8, 4) is 44.5 Å². The third-order valence-electron chi connectivity index (χ3n) is 6.97. The predicted octanol–water partition coefficient (Wildman–Crippen LogP) is 8.30. The third-order valence-corrected chi connectivity index (χ3v) is 6.97. The molecule has 5 aromatic carbocycles. The Kier molecular flexibility index (Phi) is 5.33. The summed E-state index contributed by atoms with van der Waals surface area (Å²) < 4.78 is 0. The zero-order valence-electron chi connectivity index (χ0n) is 19.1. The first-order valence-corrected chi connectivity index (χ1v) is 12.0. The van der Waals surface area contributed by atoms with Crippen molar-refractivity contribution in [1.82, 2.24) is 0 Å². The first-order chi connectivity index (χ1) is 16.8. The molecule has 1 aliphatic carbocycles. The Hall–Kier alpha value is -3.94. The van der Waals surface area contributed by atoms with Gasteiger partial charge in [0.05, 0.1) is 0 Å². The molecule has 0 saturated heterocycles. The summed E-state index contributed by atoms with van der Waals surface area (Å²) in [6.07, 6.45) is 1.97. The fraction of sp³-hybridized carbons (Fsp3) is 0.0909. The van der Waals surface area contributed by atoms with Gasteiger partial charge in [-0.05, 0) is 68.5 Å². The average molecular weight is 438 g/mol. The van der Waals surface area contributed by atoms with E-state index in [1.54, 1.807) is 0 Å². The molecule has 0 aliphatic heterocycles. The van der Waals surface area contributed by atoms with Gasteiger partial charge in [-0.15, -0.1) is 0 Å².